The fourth-order valence-electron chi connectivity index (χ4n) is 1.71. The van der Waals surface area contributed by atoms with Crippen LogP contribution in [0.25, 0.3) is 0 Å². The van der Waals surface area contributed by atoms with Crippen LogP contribution in [0.2, 0.25) is 5.02 Å². The Balaban J connectivity index is 2.40. The summed E-state index contributed by atoms with van der Waals surface area (Å²) in [7, 11) is 0. The average Bonchev–Trinajstić information content (AvgIpc) is 2.25. The Kier molecular flexibility index (Phi) is 6.15. The standard InChI is InChI=1S/C13H17Cl2F/c1-2-5-11(14)8-3-6-10-7-4-9-12(16)13(10)15/h4,7,9,11H,2-3,5-6,8H2,1H3. The highest BCUT2D eigenvalue weighted by Gasteiger charge is 2.07. The Morgan fingerprint density at radius 1 is 1.31 bits per heavy atom. The number of hydrogen-bond donors (Lipinski definition) is 0. The molecule has 90 valence electrons. The molecule has 0 heterocycles. The maximum Gasteiger partial charge on any atom is 0.142 e. The van der Waals surface area contributed by atoms with E-state index in [0.717, 1.165) is 37.7 Å². The Bertz CT molecular complexity index is 326. The van der Waals surface area contributed by atoms with E-state index in [0.29, 0.717) is 0 Å². The Labute approximate surface area is 107 Å². The van der Waals surface area contributed by atoms with Gasteiger partial charge in [0, 0.05) is 5.38 Å². The van der Waals surface area contributed by atoms with E-state index < -0.39 is 0 Å². The van der Waals surface area contributed by atoms with Crippen molar-refractivity contribution in [3.8, 4) is 0 Å². The van der Waals surface area contributed by atoms with Gasteiger partial charge in [0.25, 0.3) is 0 Å². The van der Waals surface area contributed by atoms with Crippen molar-refractivity contribution in [2.45, 2.75) is 44.4 Å². The number of hydrogen-bond acceptors (Lipinski definition) is 0. The van der Waals surface area contributed by atoms with Gasteiger partial charge in [-0.15, -0.1) is 11.6 Å². The first-order chi connectivity index (χ1) is 7.65. The first kappa shape index (κ1) is 13.8. The maximum absolute atomic E-state index is 13.1. The van der Waals surface area contributed by atoms with E-state index in [1.54, 1.807) is 6.07 Å². The molecule has 16 heavy (non-hydrogen) atoms. The summed E-state index contributed by atoms with van der Waals surface area (Å²) in [6.45, 7) is 2.12. The molecule has 1 rings (SSSR count). The molecule has 0 aromatic heterocycles. The molecule has 0 amide bonds. The van der Waals surface area contributed by atoms with Crippen LogP contribution >= 0.6 is 23.2 Å². The number of rotatable bonds is 6. The minimum Gasteiger partial charge on any atom is -0.205 e. The molecule has 0 N–H and O–H groups in total. The summed E-state index contributed by atoms with van der Waals surface area (Å²) >= 11 is 12.0. The van der Waals surface area contributed by atoms with Gasteiger partial charge in [0.05, 0.1) is 5.02 Å². The fraction of sp³-hybridized carbons (Fsp3) is 0.538. The van der Waals surface area contributed by atoms with E-state index in [9.17, 15) is 4.39 Å². The molecule has 1 atom stereocenters. The smallest absolute Gasteiger partial charge is 0.142 e. The molecule has 0 saturated heterocycles. The largest absolute Gasteiger partial charge is 0.205 e. The molecule has 0 fully saturated rings. The van der Waals surface area contributed by atoms with Crippen LogP contribution in [0.3, 0.4) is 0 Å². The monoisotopic (exact) mass is 262 g/mol. The van der Waals surface area contributed by atoms with Crippen molar-refractivity contribution < 1.29 is 4.39 Å². The van der Waals surface area contributed by atoms with E-state index in [4.69, 9.17) is 23.2 Å². The van der Waals surface area contributed by atoms with Gasteiger partial charge in [0.15, 0.2) is 0 Å². The highest BCUT2D eigenvalue weighted by atomic mass is 35.5. The summed E-state index contributed by atoms with van der Waals surface area (Å²) in [4.78, 5) is 0. The van der Waals surface area contributed by atoms with Gasteiger partial charge in [-0.25, -0.2) is 4.39 Å². The second-order valence-electron chi connectivity index (χ2n) is 3.99. The summed E-state index contributed by atoms with van der Waals surface area (Å²) in [6, 6.07) is 4.95. The molecule has 0 aliphatic heterocycles. The van der Waals surface area contributed by atoms with Crippen LogP contribution in [-0.2, 0) is 6.42 Å². The Morgan fingerprint density at radius 3 is 2.75 bits per heavy atom. The van der Waals surface area contributed by atoms with Crippen molar-refractivity contribution >= 4 is 23.2 Å². The normalized spacial score (nSPS) is 12.8. The van der Waals surface area contributed by atoms with E-state index in [1.807, 2.05) is 6.07 Å². The van der Waals surface area contributed by atoms with Gasteiger partial charge in [-0.3, -0.25) is 0 Å². The van der Waals surface area contributed by atoms with E-state index in [-0.39, 0.29) is 16.2 Å². The van der Waals surface area contributed by atoms with Crippen LogP contribution in [0, 0.1) is 5.82 Å². The summed E-state index contributed by atoms with van der Waals surface area (Å²) in [5.74, 6) is -0.338. The summed E-state index contributed by atoms with van der Waals surface area (Å²) in [5, 5.41) is 0.487. The van der Waals surface area contributed by atoms with Crippen LogP contribution in [0.15, 0.2) is 18.2 Å². The highest BCUT2D eigenvalue weighted by molar-refractivity contribution is 6.31. The Morgan fingerprint density at radius 2 is 2.06 bits per heavy atom. The number of alkyl halides is 1. The minimum absolute atomic E-state index is 0.234. The summed E-state index contributed by atoms with van der Waals surface area (Å²) < 4.78 is 13.1. The quantitative estimate of drug-likeness (QED) is 0.618. The molecular formula is C13H17Cl2F. The summed E-state index contributed by atoms with van der Waals surface area (Å²) in [5.41, 5.74) is 0.877. The molecule has 1 unspecified atom stereocenters. The molecule has 0 aliphatic rings. The van der Waals surface area contributed by atoms with Gasteiger partial charge in [-0.2, -0.15) is 0 Å². The van der Waals surface area contributed by atoms with Crippen LogP contribution in [0.1, 0.15) is 38.2 Å². The predicted octanol–water partition coefficient (Wildman–Crippen LogP) is 5.21. The first-order valence-electron chi connectivity index (χ1n) is 5.72. The van der Waals surface area contributed by atoms with Gasteiger partial charge in [0.1, 0.15) is 5.82 Å². The van der Waals surface area contributed by atoms with Gasteiger partial charge in [0.2, 0.25) is 0 Å². The van der Waals surface area contributed by atoms with Gasteiger partial charge in [-0.05, 0) is 37.3 Å². The maximum atomic E-state index is 13.1. The molecule has 1 aromatic carbocycles. The van der Waals surface area contributed by atoms with Crippen LogP contribution < -0.4 is 0 Å². The Hall–Kier alpha value is -0.270. The molecule has 0 radical (unpaired) electrons. The van der Waals surface area contributed by atoms with Crippen molar-refractivity contribution in [3.63, 3.8) is 0 Å². The van der Waals surface area contributed by atoms with Gasteiger partial charge >= 0.3 is 0 Å². The van der Waals surface area contributed by atoms with Gasteiger partial charge < -0.3 is 0 Å². The van der Waals surface area contributed by atoms with Crippen molar-refractivity contribution in [3.05, 3.63) is 34.6 Å². The van der Waals surface area contributed by atoms with Crippen molar-refractivity contribution in [1.82, 2.24) is 0 Å². The molecule has 3 heteroatoms. The SMILES string of the molecule is CCCC(Cl)CCCc1cccc(F)c1Cl. The number of halogens is 3. The number of benzene rings is 1. The van der Waals surface area contributed by atoms with E-state index in [2.05, 4.69) is 6.92 Å². The van der Waals surface area contributed by atoms with Crippen molar-refractivity contribution in [2.24, 2.45) is 0 Å². The van der Waals surface area contributed by atoms with E-state index in [1.165, 1.54) is 6.07 Å². The molecule has 1 aromatic rings. The lowest BCUT2D eigenvalue weighted by molar-refractivity contribution is 0.618. The third kappa shape index (κ3) is 4.31. The summed E-state index contributed by atoms with van der Waals surface area (Å²) in [6.07, 6.45) is 4.86. The fourth-order valence-corrected chi connectivity index (χ4v) is 2.31. The average molecular weight is 263 g/mol. The zero-order chi connectivity index (χ0) is 12.0. The zero-order valence-corrected chi connectivity index (χ0v) is 11.0. The zero-order valence-electron chi connectivity index (χ0n) is 9.48. The lowest BCUT2D eigenvalue weighted by Crippen LogP contribution is -1.99. The highest BCUT2D eigenvalue weighted by Crippen LogP contribution is 2.22. The molecule has 0 bridgehead atoms. The van der Waals surface area contributed by atoms with Crippen molar-refractivity contribution in [1.29, 1.82) is 0 Å². The number of aryl methyl sites for hydroxylation is 1. The second-order valence-corrected chi connectivity index (χ2v) is 4.99. The van der Waals surface area contributed by atoms with Crippen molar-refractivity contribution in [2.75, 3.05) is 0 Å². The lowest BCUT2D eigenvalue weighted by Gasteiger charge is -2.08. The van der Waals surface area contributed by atoms with Crippen LogP contribution in [-0.4, -0.2) is 5.38 Å². The van der Waals surface area contributed by atoms with Gasteiger partial charge in [-0.1, -0.05) is 37.1 Å². The topological polar surface area (TPSA) is 0 Å². The third-order valence-corrected chi connectivity index (χ3v) is 3.46. The minimum atomic E-state index is -0.338. The third-order valence-electron chi connectivity index (χ3n) is 2.60. The van der Waals surface area contributed by atoms with Crippen LogP contribution in [0.5, 0.6) is 0 Å². The molecule has 0 nitrogen and oxygen atoms in total. The second kappa shape index (κ2) is 7.13. The molecular weight excluding hydrogens is 246 g/mol. The first-order valence-corrected chi connectivity index (χ1v) is 6.53. The predicted molar refractivity (Wildman–Crippen MR) is 68.9 cm³/mol. The molecule has 0 saturated carbocycles. The lowest BCUT2D eigenvalue weighted by atomic mass is 10.1. The molecule has 0 aliphatic carbocycles. The van der Waals surface area contributed by atoms with E-state index >= 15 is 0 Å². The molecule has 0 spiro atoms. The van der Waals surface area contributed by atoms with Crippen LogP contribution in [0.4, 0.5) is 4.39 Å².